The van der Waals surface area contributed by atoms with Crippen molar-refractivity contribution in [1.29, 1.82) is 0 Å². The van der Waals surface area contributed by atoms with E-state index < -0.39 is 12.6 Å². The molecule has 0 aromatic heterocycles. The predicted octanol–water partition coefficient (Wildman–Crippen LogP) is 2.43. The van der Waals surface area contributed by atoms with Gasteiger partial charge < -0.3 is 24.6 Å². The molecule has 27 heavy (non-hydrogen) atoms. The highest BCUT2D eigenvalue weighted by Gasteiger charge is 2.17. The van der Waals surface area contributed by atoms with Crippen molar-refractivity contribution < 1.29 is 28.9 Å². The number of nitrogens with one attached hydrogen (secondary N) is 1. The van der Waals surface area contributed by atoms with Gasteiger partial charge in [-0.3, -0.25) is 4.79 Å². The number of carboxylic acids is 1. The van der Waals surface area contributed by atoms with E-state index in [9.17, 15) is 9.59 Å². The van der Waals surface area contributed by atoms with E-state index in [4.69, 9.17) is 30.9 Å². The summed E-state index contributed by atoms with van der Waals surface area (Å²) in [7, 11) is 0. The molecule has 0 radical (unpaired) electrons. The second kappa shape index (κ2) is 8.64. The van der Waals surface area contributed by atoms with Crippen LogP contribution in [0.4, 0.5) is 0 Å². The van der Waals surface area contributed by atoms with Crippen LogP contribution < -0.4 is 19.5 Å². The first-order valence-corrected chi connectivity index (χ1v) is 8.67. The minimum absolute atomic E-state index is 0.144. The van der Waals surface area contributed by atoms with Crippen molar-refractivity contribution in [2.45, 2.75) is 13.0 Å². The highest BCUT2D eigenvalue weighted by atomic mass is 35.5. The number of carbonyl (C=O) groups is 2. The molecule has 142 valence electrons. The Hall–Kier alpha value is -2.93. The predicted molar refractivity (Wildman–Crippen MR) is 97.6 cm³/mol. The average Bonchev–Trinajstić information content (AvgIpc) is 2.65. The fourth-order valence-corrected chi connectivity index (χ4v) is 2.89. The average molecular weight is 392 g/mol. The first kappa shape index (κ1) is 18.8. The van der Waals surface area contributed by atoms with E-state index >= 15 is 0 Å². The molecular weight excluding hydrogens is 374 g/mol. The van der Waals surface area contributed by atoms with E-state index in [1.807, 2.05) is 6.07 Å². The molecular formula is C19H18ClNO6. The van der Waals surface area contributed by atoms with Crippen molar-refractivity contribution in [2.75, 3.05) is 19.8 Å². The van der Waals surface area contributed by atoms with E-state index in [1.54, 1.807) is 30.3 Å². The lowest BCUT2D eigenvalue weighted by atomic mass is 10.1. The summed E-state index contributed by atoms with van der Waals surface area (Å²) in [5.74, 6) is 0.249. The molecule has 8 heteroatoms. The zero-order chi connectivity index (χ0) is 19.2. The molecule has 3 rings (SSSR count). The third-order valence-electron chi connectivity index (χ3n) is 3.77. The van der Waals surface area contributed by atoms with Crippen molar-refractivity contribution in [3.05, 3.63) is 52.5 Å². The summed E-state index contributed by atoms with van der Waals surface area (Å²) in [5.41, 5.74) is 1.52. The van der Waals surface area contributed by atoms with Gasteiger partial charge in [0.15, 0.2) is 18.1 Å². The summed E-state index contributed by atoms with van der Waals surface area (Å²) >= 11 is 6.18. The number of amides is 1. The zero-order valence-corrected chi connectivity index (χ0v) is 15.1. The quantitative estimate of drug-likeness (QED) is 0.752. The Labute approximate surface area is 160 Å². The highest BCUT2D eigenvalue weighted by molar-refractivity contribution is 6.32. The molecule has 0 spiro atoms. The molecule has 2 aromatic rings. The number of halogens is 1. The van der Waals surface area contributed by atoms with Crippen molar-refractivity contribution in [2.24, 2.45) is 0 Å². The van der Waals surface area contributed by atoms with Gasteiger partial charge in [-0.2, -0.15) is 0 Å². The van der Waals surface area contributed by atoms with Gasteiger partial charge in [-0.1, -0.05) is 23.7 Å². The molecule has 1 aliphatic rings. The maximum absolute atomic E-state index is 12.2. The number of benzene rings is 2. The van der Waals surface area contributed by atoms with Crippen LogP contribution in [0, 0.1) is 0 Å². The van der Waals surface area contributed by atoms with Crippen LogP contribution in [-0.2, 0) is 22.6 Å². The SMILES string of the molecule is O=C(O)COc1cccc(CNC(=O)Cc2cc(Cl)c3c(c2)OCCO3)c1. The van der Waals surface area contributed by atoms with Crippen molar-refractivity contribution in [3.63, 3.8) is 0 Å². The molecule has 0 unspecified atom stereocenters. The molecule has 0 fully saturated rings. The molecule has 1 heterocycles. The number of aliphatic carboxylic acids is 1. The largest absolute Gasteiger partial charge is 0.486 e. The van der Waals surface area contributed by atoms with Gasteiger partial charge in [0.2, 0.25) is 5.91 Å². The van der Waals surface area contributed by atoms with Crippen LogP contribution in [-0.4, -0.2) is 36.8 Å². The van der Waals surface area contributed by atoms with Crippen LogP contribution in [0.5, 0.6) is 17.2 Å². The number of hydrogen-bond acceptors (Lipinski definition) is 5. The molecule has 0 saturated heterocycles. The summed E-state index contributed by atoms with van der Waals surface area (Å²) in [5, 5.41) is 11.9. The summed E-state index contributed by atoms with van der Waals surface area (Å²) in [6, 6.07) is 10.3. The van der Waals surface area contributed by atoms with Gasteiger partial charge in [0.05, 0.1) is 11.4 Å². The summed E-state index contributed by atoms with van der Waals surface area (Å²) < 4.78 is 16.1. The van der Waals surface area contributed by atoms with Gasteiger partial charge in [-0.05, 0) is 35.4 Å². The van der Waals surface area contributed by atoms with Crippen LogP contribution in [0.15, 0.2) is 36.4 Å². The number of fused-ring (bicyclic) bond motifs is 1. The van der Waals surface area contributed by atoms with E-state index in [0.29, 0.717) is 42.0 Å². The Morgan fingerprint density at radius 3 is 2.78 bits per heavy atom. The van der Waals surface area contributed by atoms with Gasteiger partial charge in [0.1, 0.15) is 19.0 Å². The Balaban J connectivity index is 1.56. The van der Waals surface area contributed by atoms with Gasteiger partial charge >= 0.3 is 5.97 Å². The van der Waals surface area contributed by atoms with Crippen molar-refractivity contribution >= 4 is 23.5 Å². The third-order valence-corrected chi connectivity index (χ3v) is 4.05. The molecule has 7 nitrogen and oxygen atoms in total. The van der Waals surface area contributed by atoms with Gasteiger partial charge in [0.25, 0.3) is 0 Å². The second-order valence-corrected chi connectivity index (χ2v) is 6.29. The molecule has 0 aliphatic carbocycles. The third kappa shape index (κ3) is 5.27. The first-order chi connectivity index (χ1) is 13.0. The lowest BCUT2D eigenvalue weighted by molar-refractivity contribution is -0.139. The minimum Gasteiger partial charge on any atom is -0.486 e. The highest BCUT2D eigenvalue weighted by Crippen LogP contribution is 2.38. The maximum atomic E-state index is 12.2. The number of rotatable bonds is 7. The Kier molecular flexibility index (Phi) is 6.03. The monoisotopic (exact) mass is 391 g/mol. The number of carbonyl (C=O) groups excluding carboxylic acids is 1. The van der Waals surface area contributed by atoms with Gasteiger partial charge in [0, 0.05) is 6.54 Å². The second-order valence-electron chi connectivity index (χ2n) is 5.89. The van der Waals surface area contributed by atoms with E-state index in [1.165, 1.54) is 0 Å². The van der Waals surface area contributed by atoms with Crippen LogP contribution in [0.25, 0.3) is 0 Å². The molecule has 0 bridgehead atoms. The van der Waals surface area contributed by atoms with Gasteiger partial charge in [-0.25, -0.2) is 4.79 Å². The maximum Gasteiger partial charge on any atom is 0.341 e. The molecule has 1 amide bonds. The summed E-state index contributed by atoms with van der Waals surface area (Å²) in [6.45, 7) is 0.767. The summed E-state index contributed by atoms with van der Waals surface area (Å²) in [4.78, 5) is 22.8. The Bertz CT molecular complexity index is 854. The normalized spacial score (nSPS) is 12.3. The van der Waals surface area contributed by atoms with Crippen LogP contribution in [0.1, 0.15) is 11.1 Å². The van der Waals surface area contributed by atoms with E-state index in [0.717, 1.165) is 11.1 Å². The van der Waals surface area contributed by atoms with E-state index in [-0.39, 0.29) is 12.3 Å². The minimum atomic E-state index is -1.05. The standard InChI is InChI=1S/C19H18ClNO6/c20-15-7-13(8-16-19(15)26-5-4-25-16)9-17(22)21-10-12-2-1-3-14(6-12)27-11-18(23)24/h1-3,6-8H,4-5,9-11H2,(H,21,22)(H,23,24). The van der Waals surface area contributed by atoms with E-state index in [2.05, 4.69) is 5.32 Å². The molecule has 1 aliphatic heterocycles. The Morgan fingerprint density at radius 1 is 1.15 bits per heavy atom. The number of ether oxygens (including phenoxy) is 3. The zero-order valence-electron chi connectivity index (χ0n) is 14.4. The van der Waals surface area contributed by atoms with Crippen LogP contribution in [0.3, 0.4) is 0 Å². The van der Waals surface area contributed by atoms with Gasteiger partial charge in [-0.15, -0.1) is 0 Å². The molecule has 0 atom stereocenters. The molecule has 2 aromatic carbocycles. The van der Waals surface area contributed by atoms with Crippen molar-refractivity contribution in [3.8, 4) is 17.2 Å². The lowest BCUT2D eigenvalue weighted by Crippen LogP contribution is -2.24. The lowest BCUT2D eigenvalue weighted by Gasteiger charge is -2.20. The summed E-state index contributed by atoms with van der Waals surface area (Å²) in [6.07, 6.45) is 0.144. The topological polar surface area (TPSA) is 94.1 Å². The number of hydrogen-bond donors (Lipinski definition) is 2. The van der Waals surface area contributed by atoms with Crippen LogP contribution in [0.2, 0.25) is 5.02 Å². The van der Waals surface area contributed by atoms with Crippen LogP contribution >= 0.6 is 11.6 Å². The smallest absolute Gasteiger partial charge is 0.341 e. The van der Waals surface area contributed by atoms with Crippen molar-refractivity contribution in [1.82, 2.24) is 5.32 Å². The Morgan fingerprint density at radius 2 is 1.96 bits per heavy atom. The molecule has 0 saturated carbocycles. The number of carboxylic acid groups (broad SMARTS) is 1. The fourth-order valence-electron chi connectivity index (χ4n) is 2.61. The first-order valence-electron chi connectivity index (χ1n) is 8.29. The molecule has 2 N–H and O–H groups in total. The fraction of sp³-hybridized carbons (Fsp3) is 0.263.